The van der Waals surface area contributed by atoms with Crippen molar-refractivity contribution in [1.29, 1.82) is 0 Å². The number of ether oxygens (including phenoxy) is 3. The number of aliphatic hydroxyl groups is 7. The van der Waals surface area contributed by atoms with E-state index in [9.17, 15) is 35.6 Å². The van der Waals surface area contributed by atoms with Crippen molar-refractivity contribution < 1.29 is 59.9 Å². The number of nitrogens with zero attached hydrogens (tertiary/aromatic N) is 1. The Morgan fingerprint density at radius 3 is 2.08 bits per heavy atom. The molecule has 0 saturated carbocycles. The van der Waals surface area contributed by atoms with Crippen molar-refractivity contribution in [3.05, 3.63) is 10.1 Å². The van der Waals surface area contributed by atoms with Crippen LogP contribution in [-0.2, 0) is 19.0 Å². The van der Waals surface area contributed by atoms with Gasteiger partial charge in [-0.1, -0.05) is 0 Å². The van der Waals surface area contributed by atoms with Crippen molar-refractivity contribution in [3.63, 3.8) is 0 Å². The van der Waals surface area contributed by atoms with E-state index < -0.39 is 79.7 Å². The minimum absolute atomic E-state index is 0.769. The molecule has 0 aromatic rings. The van der Waals surface area contributed by atoms with E-state index in [2.05, 4.69) is 4.84 Å². The zero-order chi connectivity index (χ0) is 19.6. The highest BCUT2D eigenvalue weighted by atomic mass is 17.0. The molecule has 0 radical (unpaired) electrons. The van der Waals surface area contributed by atoms with Gasteiger partial charge in [-0.3, -0.25) is 0 Å². The minimum atomic E-state index is -2.45. The zero-order valence-corrected chi connectivity index (χ0v) is 13.3. The number of hydrogen-bond donors (Lipinski definition) is 7. The molecule has 26 heavy (non-hydrogen) atoms. The number of hydrogen-bond acceptors (Lipinski definition) is 13. The second kappa shape index (κ2) is 8.22. The van der Waals surface area contributed by atoms with Gasteiger partial charge in [0.1, 0.15) is 42.7 Å². The summed E-state index contributed by atoms with van der Waals surface area (Å²) < 4.78 is 15.5. The lowest BCUT2D eigenvalue weighted by atomic mass is 9.99. The molecule has 0 aliphatic carbocycles. The summed E-state index contributed by atoms with van der Waals surface area (Å²) in [4.78, 5) is 14.6. The van der Waals surface area contributed by atoms with E-state index in [1.165, 1.54) is 0 Å². The van der Waals surface area contributed by atoms with Crippen molar-refractivity contribution in [1.82, 2.24) is 0 Å². The van der Waals surface area contributed by atoms with Gasteiger partial charge in [-0.2, -0.15) is 0 Å². The van der Waals surface area contributed by atoms with E-state index in [4.69, 9.17) is 24.4 Å². The second-order valence-electron chi connectivity index (χ2n) is 5.90. The van der Waals surface area contributed by atoms with Crippen molar-refractivity contribution in [2.45, 2.75) is 54.8 Å². The standard InChI is InChI=1S/C12H21NO13/c14-1-4-6(16)8(18)9(19)11(24-4)26-12(3-23-13(21)22)10(20)7(17)5(2-15)25-12/h4-11,14-20H,1-3H2/t4-,5-,6-,7-,8+,9-,10+,11-,12+/m1/s1. The van der Waals surface area contributed by atoms with Crippen molar-refractivity contribution in [2.24, 2.45) is 0 Å². The first-order chi connectivity index (χ1) is 12.2. The van der Waals surface area contributed by atoms with E-state index in [1.54, 1.807) is 0 Å². The maximum Gasteiger partial charge on any atom is 0.294 e. The molecule has 0 bridgehead atoms. The summed E-state index contributed by atoms with van der Waals surface area (Å²) in [5.41, 5.74) is 0. The summed E-state index contributed by atoms with van der Waals surface area (Å²) in [7, 11) is 0. The molecular weight excluding hydrogens is 366 g/mol. The van der Waals surface area contributed by atoms with Crippen LogP contribution in [0.3, 0.4) is 0 Å². The molecule has 152 valence electrons. The van der Waals surface area contributed by atoms with Crippen LogP contribution in [0.2, 0.25) is 0 Å². The summed E-state index contributed by atoms with van der Waals surface area (Å²) in [5, 5.41) is 77.1. The first kappa shape index (κ1) is 21.1. The van der Waals surface area contributed by atoms with Gasteiger partial charge in [0.15, 0.2) is 12.9 Å². The van der Waals surface area contributed by atoms with Gasteiger partial charge >= 0.3 is 0 Å². The van der Waals surface area contributed by atoms with Gasteiger partial charge in [0.25, 0.3) is 5.09 Å². The van der Waals surface area contributed by atoms with Crippen LogP contribution in [0.5, 0.6) is 0 Å². The fourth-order valence-corrected chi connectivity index (χ4v) is 2.76. The molecule has 2 rings (SSSR count). The molecule has 0 aromatic carbocycles. The Balaban J connectivity index is 2.25. The van der Waals surface area contributed by atoms with Crippen molar-refractivity contribution in [2.75, 3.05) is 19.8 Å². The zero-order valence-electron chi connectivity index (χ0n) is 13.3. The number of aliphatic hydroxyl groups excluding tert-OH is 7. The Bertz CT molecular complexity index is 492. The average molecular weight is 387 g/mol. The van der Waals surface area contributed by atoms with Gasteiger partial charge in [0.05, 0.1) is 13.2 Å². The summed E-state index contributed by atoms with van der Waals surface area (Å²) in [6.45, 7) is -2.63. The second-order valence-corrected chi connectivity index (χ2v) is 5.90. The van der Waals surface area contributed by atoms with E-state index in [0.717, 1.165) is 0 Å². The average Bonchev–Trinajstić information content (AvgIpc) is 2.85. The first-order valence-corrected chi connectivity index (χ1v) is 7.57. The molecule has 0 aromatic heterocycles. The Kier molecular flexibility index (Phi) is 6.67. The Morgan fingerprint density at radius 2 is 1.58 bits per heavy atom. The Hall–Kier alpha value is -1.20. The van der Waals surface area contributed by atoms with Crippen molar-refractivity contribution >= 4 is 0 Å². The summed E-state index contributed by atoms with van der Waals surface area (Å²) in [6, 6.07) is 0. The predicted molar refractivity (Wildman–Crippen MR) is 74.5 cm³/mol. The lowest BCUT2D eigenvalue weighted by Gasteiger charge is -2.43. The fraction of sp³-hybridized carbons (Fsp3) is 1.00. The van der Waals surface area contributed by atoms with Gasteiger partial charge in [-0.05, 0) is 0 Å². The topological polar surface area (TPSA) is 222 Å². The van der Waals surface area contributed by atoms with Crippen LogP contribution in [0.4, 0.5) is 0 Å². The number of rotatable bonds is 7. The van der Waals surface area contributed by atoms with E-state index >= 15 is 0 Å². The molecule has 2 aliphatic heterocycles. The highest BCUT2D eigenvalue weighted by Crippen LogP contribution is 2.36. The molecule has 0 spiro atoms. The van der Waals surface area contributed by atoms with Crippen LogP contribution in [0.25, 0.3) is 0 Å². The minimum Gasteiger partial charge on any atom is -0.394 e. The first-order valence-electron chi connectivity index (χ1n) is 7.57. The van der Waals surface area contributed by atoms with Gasteiger partial charge in [0.2, 0.25) is 5.79 Å². The quantitative estimate of drug-likeness (QED) is 0.160. The maximum atomic E-state index is 10.5. The van der Waals surface area contributed by atoms with E-state index in [-0.39, 0.29) is 0 Å². The molecule has 9 atom stereocenters. The molecule has 2 fully saturated rings. The van der Waals surface area contributed by atoms with Gasteiger partial charge in [-0.25, -0.2) is 0 Å². The van der Waals surface area contributed by atoms with E-state index in [1.807, 2.05) is 0 Å². The molecule has 2 aliphatic rings. The third kappa shape index (κ3) is 3.89. The summed E-state index contributed by atoms with van der Waals surface area (Å²) in [6.07, 6.45) is -13.7. The van der Waals surface area contributed by atoms with Gasteiger partial charge in [0, 0.05) is 0 Å². The highest BCUT2D eigenvalue weighted by Gasteiger charge is 2.59. The third-order valence-corrected chi connectivity index (χ3v) is 4.22. The normalized spacial score (nSPS) is 46.3. The monoisotopic (exact) mass is 387 g/mol. The van der Waals surface area contributed by atoms with Crippen LogP contribution in [0, 0.1) is 10.1 Å². The highest BCUT2D eigenvalue weighted by molar-refractivity contribution is 4.98. The van der Waals surface area contributed by atoms with Crippen LogP contribution < -0.4 is 0 Å². The lowest BCUT2D eigenvalue weighted by Crippen LogP contribution is -2.62. The Labute approximate surface area is 145 Å². The third-order valence-electron chi connectivity index (χ3n) is 4.22. The molecule has 14 nitrogen and oxygen atoms in total. The molecular formula is C12H21NO13. The fourth-order valence-electron chi connectivity index (χ4n) is 2.76. The lowest BCUT2D eigenvalue weighted by molar-refractivity contribution is -0.764. The van der Waals surface area contributed by atoms with Crippen LogP contribution in [0.1, 0.15) is 0 Å². The molecule has 14 heteroatoms. The largest absolute Gasteiger partial charge is 0.394 e. The molecule has 0 unspecified atom stereocenters. The molecule has 2 heterocycles. The smallest absolute Gasteiger partial charge is 0.294 e. The van der Waals surface area contributed by atoms with Crippen LogP contribution in [0.15, 0.2) is 0 Å². The Morgan fingerprint density at radius 1 is 0.962 bits per heavy atom. The van der Waals surface area contributed by atoms with E-state index in [0.29, 0.717) is 0 Å². The van der Waals surface area contributed by atoms with Crippen LogP contribution >= 0.6 is 0 Å². The maximum absolute atomic E-state index is 10.5. The molecule has 2 saturated heterocycles. The summed E-state index contributed by atoms with van der Waals surface area (Å²) >= 11 is 0. The molecule has 7 N–H and O–H groups in total. The SMILES string of the molecule is O=[N+]([O-])OC[C@@]1(O[C@H]2O[C@H](CO)[C@@H](O)[C@H](O)[C@H]2O)O[C@H](CO)[C@@H](O)[C@@H]1O. The molecule has 0 amide bonds. The van der Waals surface area contributed by atoms with Crippen molar-refractivity contribution in [3.8, 4) is 0 Å². The van der Waals surface area contributed by atoms with Crippen LogP contribution in [-0.4, -0.2) is 115 Å². The van der Waals surface area contributed by atoms with Gasteiger partial charge < -0.3 is 54.8 Å². The van der Waals surface area contributed by atoms with Gasteiger partial charge in [-0.15, -0.1) is 10.1 Å². The summed E-state index contributed by atoms with van der Waals surface area (Å²) in [5.74, 6) is -2.45. The predicted octanol–water partition coefficient (Wildman–Crippen LogP) is -5.18.